The highest BCUT2D eigenvalue weighted by molar-refractivity contribution is 6.06. The second-order valence-corrected chi connectivity index (χ2v) is 6.64. The lowest BCUT2D eigenvalue weighted by Crippen LogP contribution is -2.35. The number of aromatic hydroxyl groups is 1. The van der Waals surface area contributed by atoms with E-state index in [2.05, 4.69) is 10.2 Å². The van der Waals surface area contributed by atoms with Crippen LogP contribution in [0.25, 0.3) is 0 Å². The van der Waals surface area contributed by atoms with Crippen molar-refractivity contribution in [2.75, 3.05) is 29.9 Å². The summed E-state index contributed by atoms with van der Waals surface area (Å²) >= 11 is 0. The van der Waals surface area contributed by atoms with E-state index < -0.39 is 0 Å². The van der Waals surface area contributed by atoms with Crippen LogP contribution in [0, 0.1) is 12.8 Å². The largest absolute Gasteiger partial charge is 0.508 e. The summed E-state index contributed by atoms with van der Waals surface area (Å²) in [5.41, 5.74) is 3.02. The number of nitrogens with one attached hydrogen (secondary N) is 1. The molecule has 1 aliphatic heterocycles. The summed E-state index contributed by atoms with van der Waals surface area (Å²) in [4.78, 5) is 14.8. The number of para-hydroxylation sites is 2. The van der Waals surface area contributed by atoms with E-state index in [9.17, 15) is 15.0 Å². The van der Waals surface area contributed by atoms with Gasteiger partial charge < -0.3 is 20.4 Å². The predicted molar refractivity (Wildman–Crippen MR) is 99.3 cm³/mol. The number of carbonyl (C=O) groups is 1. The van der Waals surface area contributed by atoms with Gasteiger partial charge in [-0.05, 0) is 61.6 Å². The molecule has 2 aromatic carbocycles. The number of phenolic OH excluding ortho intramolecular Hbond substituents is 1. The summed E-state index contributed by atoms with van der Waals surface area (Å²) in [6, 6.07) is 12.6. The molecular weight excluding hydrogens is 316 g/mol. The number of carbonyl (C=O) groups excluding carboxylic acids is 1. The molecule has 0 radical (unpaired) electrons. The molecule has 25 heavy (non-hydrogen) atoms. The molecular formula is C20H24N2O3. The second-order valence-electron chi connectivity index (χ2n) is 6.64. The van der Waals surface area contributed by atoms with Gasteiger partial charge in [0, 0.05) is 25.3 Å². The van der Waals surface area contributed by atoms with Crippen molar-refractivity contribution in [3.8, 4) is 5.75 Å². The topological polar surface area (TPSA) is 72.8 Å². The van der Waals surface area contributed by atoms with Gasteiger partial charge >= 0.3 is 0 Å². The molecule has 0 saturated carbocycles. The molecule has 5 heteroatoms. The lowest BCUT2D eigenvalue weighted by atomic mass is 9.97. The Morgan fingerprint density at radius 1 is 1.20 bits per heavy atom. The number of rotatable bonds is 4. The standard InChI is InChI=1S/C20H24N2O3/c1-14-10-16(12-17(24)11-14)20(25)21-18-4-2-3-5-19(18)22-8-6-15(13-23)7-9-22/h2-5,10-12,15,23-24H,6-9,13H2,1H3,(H,21,25). The second kappa shape index (κ2) is 7.57. The minimum absolute atomic E-state index is 0.0875. The van der Waals surface area contributed by atoms with Crippen LogP contribution in [0.15, 0.2) is 42.5 Å². The molecule has 1 heterocycles. The predicted octanol–water partition coefficient (Wildman–Crippen LogP) is 3.16. The Labute approximate surface area is 147 Å². The van der Waals surface area contributed by atoms with E-state index >= 15 is 0 Å². The quantitative estimate of drug-likeness (QED) is 0.799. The number of piperidine rings is 1. The fraction of sp³-hybridized carbons (Fsp3) is 0.350. The highest BCUT2D eigenvalue weighted by atomic mass is 16.3. The zero-order valence-electron chi connectivity index (χ0n) is 14.4. The number of anilines is 2. The molecule has 1 amide bonds. The van der Waals surface area contributed by atoms with Crippen molar-refractivity contribution in [3.63, 3.8) is 0 Å². The third-order valence-electron chi connectivity index (χ3n) is 4.69. The first-order valence-corrected chi connectivity index (χ1v) is 8.63. The highest BCUT2D eigenvalue weighted by Crippen LogP contribution is 2.30. The minimum Gasteiger partial charge on any atom is -0.508 e. The summed E-state index contributed by atoms with van der Waals surface area (Å²) in [6.07, 6.45) is 1.90. The van der Waals surface area contributed by atoms with Gasteiger partial charge in [0.2, 0.25) is 0 Å². The first-order chi connectivity index (χ1) is 12.1. The number of aryl methyl sites for hydroxylation is 1. The number of phenols is 1. The number of benzene rings is 2. The van der Waals surface area contributed by atoms with Gasteiger partial charge in [-0.15, -0.1) is 0 Å². The van der Waals surface area contributed by atoms with Crippen LogP contribution in [0.5, 0.6) is 5.75 Å². The Morgan fingerprint density at radius 2 is 1.92 bits per heavy atom. The van der Waals surface area contributed by atoms with Gasteiger partial charge in [-0.2, -0.15) is 0 Å². The van der Waals surface area contributed by atoms with Crippen LogP contribution < -0.4 is 10.2 Å². The molecule has 2 aromatic rings. The van der Waals surface area contributed by atoms with Crippen molar-refractivity contribution in [2.24, 2.45) is 5.92 Å². The van der Waals surface area contributed by atoms with Gasteiger partial charge in [-0.1, -0.05) is 12.1 Å². The monoisotopic (exact) mass is 340 g/mol. The van der Waals surface area contributed by atoms with Crippen LogP contribution in [0.2, 0.25) is 0 Å². The van der Waals surface area contributed by atoms with Gasteiger partial charge in [0.1, 0.15) is 5.75 Å². The van der Waals surface area contributed by atoms with E-state index in [1.54, 1.807) is 12.1 Å². The lowest BCUT2D eigenvalue weighted by Gasteiger charge is -2.34. The maximum atomic E-state index is 12.6. The molecule has 1 aliphatic rings. The number of hydrogen-bond donors (Lipinski definition) is 3. The van der Waals surface area contributed by atoms with Crippen molar-refractivity contribution in [2.45, 2.75) is 19.8 Å². The average molecular weight is 340 g/mol. The van der Waals surface area contributed by atoms with Crippen molar-refractivity contribution in [1.29, 1.82) is 0 Å². The third-order valence-corrected chi connectivity index (χ3v) is 4.69. The fourth-order valence-corrected chi connectivity index (χ4v) is 3.30. The normalized spacial score (nSPS) is 15.2. The molecule has 0 aliphatic carbocycles. The van der Waals surface area contributed by atoms with Crippen LogP contribution in [-0.2, 0) is 0 Å². The van der Waals surface area contributed by atoms with Crippen molar-refractivity contribution >= 4 is 17.3 Å². The van der Waals surface area contributed by atoms with Gasteiger partial charge in [-0.25, -0.2) is 0 Å². The first kappa shape index (κ1) is 17.3. The third kappa shape index (κ3) is 4.12. The van der Waals surface area contributed by atoms with Gasteiger partial charge in [0.15, 0.2) is 0 Å². The molecule has 132 valence electrons. The van der Waals surface area contributed by atoms with Crippen molar-refractivity contribution in [1.82, 2.24) is 0 Å². The number of nitrogens with zero attached hydrogens (tertiary/aromatic N) is 1. The van der Waals surface area contributed by atoms with Crippen LogP contribution >= 0.6 is 0 Å². The molecule has 0 atom stereocenters. The Balaban J connectivity index is 1.78. The van der Waals surface area contributed by atoms with Crippen molar-refractivity contribution < 1.29 is 15.0 Å². The fourth-order valence-electron chi connectivity index (χ4n) is 3.30. The van der Waals surface area contributed by atoms with E-state index in [4.69, 9.17) is 0 Å². The summed E-state index contributed by atoms with van der Waals surface area (Å²) in [7, 11) is 0. The molecule has 1 saturated heterocycles. The van der Waals surface area contributed by atoms with Crippen molar-refractivity contribution in [3.05, 3.63) is 53.6 Å². The Bertz CT molecular complexity index is 732. The number of aliphatic hydroxyl groups excluding tert-OH is 1. The summed E-state index contributed by atoms with van der Waals surface area (Å²) in [5, 5.41) is 22.0. The molecule has 0 bridgehead atoms. The first-order valence-electron chi connectivity index (χ1n) is 8.63. The van der Waals surface area contributed by atoms with E-state index in [0.717, 1.165) is 42.9 Å². The SMILES string of the molecule is Cc1cc(O)cc(C(=O)Nc2ccccc2N2CCC(CO)CC2)c1. The smallest absolute Gasteiger partial charge is 0.255 e. The molecule has 0 spiro atoms. The number of hydrogen-bond acceptors (Lipinski definition) is 4. The number of amides is 1. The van der Waals surface area contributed by atoms with Gasteiger partial charge in [0.05, 0.1) is 11.4 Å². The zero-order valence-corrected chi connectivity index (χ0v) is 14.4. The average Bonchev–Trinajstić information content (AvgIpc) is 2.61. The summed E-state index contributed by atoms with van der Waals surface area (Å²) < 4.78 is 0. The molecule has 0 aromatic heterocycles. The molecule has 3 rings (SSSR count). The van der Waals surface area contributed by atoms with E-state index in [1.807, 2.05) is 31.2 Å². The van der Waals surface area contributed by atoms with Crippen LogP contribution in [0.1, 0.15) is 28.8 Å². The minimum atomic E-state index is -0.239. The molecule has 3 N–H and O–H groups in total. The number of aliphatic hydroxyl groups is 1. The van der Waals surface area contributed by atoms with Gasteiger partial charge in [0.25, 0.3) is 5.91 Å². The van der Waals surface area contributed by atoms with Crippen LogP contribution in [0.4, 0.5) is 11.4 Å². The lowest BCUT2D eigenvalue weighted by molar-refractivity contribution is 0.102. The summed E-state index contributed by atoms with van der Waals surface area (Å²) in [5.74, 6) is 0.217. The zero-order chi connectivity index (χ0) is 17.8. The van der Waals surface area contributed by atoms with E-state index in [-0.39, 0.29) is 18.3 Å². The molecule has 5 nitrogen and oxygen atoms in total. The maximum Gasteiger partial charge on any atom is 0.255 e. The van der Waals surface area contributed by atoms with Gasteiger partial charge in [-0.3, -0.25) is 4.79 Å². The summed E-state index contributed by atoms with van der Waals surface area (Å²) in [6.45, 7) is 3.81. The Morgan fingerprint density at radius 3 is 2.60 bits per heavy atom. The van der Waals surface area contributed by atoms with E-state index in [0.29, 0.717) is 11.5 Å². The Kier molecular flexibility index (Phi) is 5.24. The van der Waals surface area contributed by atoms with E-state index in [1.165, 1.54) is 6.07 Å². The Hall–Kier alpha value is -2.53. The van der Waals surface area contributed by atoms with Crippen LogP contribution in [-0.4, -0.2) is 35.8 Å². The maximum absolute atomic E-state index is 12.6. The molecule has 1 fully saturated rings. The van der Waals surface area contributed by atoms with Crippen LogP contribution in [0.3, 0.4) is 0 Å². The highest BCUT2D eigenvalue weighted by Gasteiger charge is 2.21. The molecule has 0 unspecified atom stereocenters.